The predicted octanol–water partition coefficient (Wildman–Crippen LogP) is 5.56. The minimum Gasteiger partial charge on any atom is -0.324 e. The normalized spacial score (nSPS) is 28.1. The van der Waals surface area contributed by atoms with Gasteiger partial charge in [-0.15, -0.1) is 0 Å². The first kappa shape index (κ1) is 15.1. The largest absolute Gasteiger partial charge is 0.324 e. The Labute approximate surface area is 130 Å². The average molecular weight is 285 g/mol. The second-order valence-corrected chi connectivity index (χ2v) is 7.35. The summed E-state index contributed by atoms with van der Waals surface area (Å²) >= 11 is 0. The Kier molecular flexibility index (Phi) is 5.00. The van der Waals surface area contributed by atoms with E-state index >= 15 is 0 Å². The molecule has 1 aromatic rings. The first-order chi connectivity index (χ1) is 10.3. The van der Waals surface area contributed by atoms with Crippen LogP contribution in [0.15, 0.2) is 24.3 Å². The number of benzene rings is 1. The zero-order valence-corrected chi connectivity index (χ0v) is 13.6. The molecule has 0 aromatic heterocycles. The van der Waals surface area contributed by atoms with Gasteiger partial charge in [-0.3, -0.25) is 0 Å². The predicted molar refractivity (Wildman–Crippen MR) is 90.3 cm³/mol. The number of hydrogen-bond donors (Lipinski definition) is 1. The van der Waals surface area contributed by atoms with Crippen molar-refractivity contribution in [1.29, 1.82) is 0 Å². The van der Waals surface area contributed by atoms with E-state index in [0.717, 1.165) is 11.8 Å². The third kappa shape index (κ3) is 3.34. The van der Waals surface area contributed by atoms with Crippen LogP contribution in [0, 0.1) is 11.8 Å². The molecule has 2 fully saturated rings. The maximum Gasteiger partial charge on any atom is 0.0326 e. The van der Waals surface area contributed by atoms with Crippen LogP contribution in [0.4, 0.5) is 0 Å². The highest BCUT2D eigenvalue weighted by Gasteiger charge is 2.29. The molecule has 2 aliphatic carbocycles. The summed E-state index contributed by atoms with van der Waals surface area (Å²) in [6, 6.07) is 9.28. The van der Waals surface area contributed by atoms with E-state index in [4.69, 9.17) is 5.73 Å². The van der Waals surface area contributed by atoms with E-state index < -0.39 is 0 Å². The Hall–Kier alpha value is -0.820. The van der Waals surface area contributed by atoms with Gasteiger partial charge in [-0.05, 0) is 54.6 Å². The molecule has 1 nitrogen and oxygen atoms in total. The molecule has 0 amide bonds. The van der Waals surface area contributed by atoms with E-state index in [0.29, 0.717) is 5.92 Å². The quantitative estimate of drug-likeness (QED) is 0.753. The summed E-state index contributed by atoms with van der Waals surface area (Å²) in [5.41, 5.74) is 9.73. The standard InChI is InChI=1S/C20H31N/c1-2-6-15-11-13-17(14-12-15)20(21)19-10-4-3-9-18(19)16-7-5-8-16/h3-4,9-10,15-17,20H,2,5-8,11-14,21H2,1H3. The van der Waals surface area contributed by atoms with Gasteiger partial charge in [0.2, 0.25) is 0 Å². The molecule has 0 bridgehead atoms. The van der Waals surface area contributed by atoms with E-state index in [2.05, 4.69) is 31.2 Å². The van der Waals surface area contributed by atoms with Gasteiger partial charge in [0.05, 0.1) is 0 Å². The summed E-state index contributed by atoms with van der Waals surface area (Å²) in [6.07, 6.45) is 12.4. The average Bonchev–Trinajstić information content (AvgIpc) is 2.47. The van der Waals surface area contributed by atoms with Crippen LogP contribution in [0.1, 0.15) is 87.8 Å². The first-order valence-electron chi connectivity index (χ1n) is 9.14. The molecule has 2 N–H and O–H groups in total. The van der Waals surface area contributed by atoms with Crippen molar-refractivity contribution < 1.29 is 0 Å². The van der Waals surface area contributed by atoms with E-state index in [9.17, 15) is 0 Å². The maximum absolute atomic E-state index is 6.71. The summed E-state index contributed by atoms with van der Waals surface area (Å²) in [7, 11) is 0. The van der Waals surface area contributed by atoms with Crippen LogP contribution in [-0.2, 0) is 0 Å². The van der Waals surface area contributed by atoms with Crippen LogP contribution in [-0.4, -0.2) is 0 Å². The molecule has 2 aliphatic rings. The van der Waals surface area contributed by atoms with Crippen molar-refractivity contribution in [3.63, 3.8) is 0 Å². The van der Waals surface area contributed by atoms with Crippen molar-refractivity contribution in [2.45, 2.75) is 76.7 Å². The zero-order chi connectivity index (χ0) is 14.7. The molecular formula is C20H31N. The lowest BCUT2D eigenvalue weighted by atomic mass is 9.72. The Morgan fingerprint density at radius 2 is 1.76 bits per heavy atom. The van der Waals surface area contributed by atoms with Crippen LogP contribution >= 0.6 is 0 Å². The van der Waals surface area contributed by atoms with Gasteiger partial charge in [-0.2, -0.15) is 0 Å². The second-order valence-electron chi connectivity index (χ2n) is 7.35. The monoisotopic (exact) mass is 285 g/mol. The number of hydrogen-bond acceptors (Lipinski definition) is 1. The lowest BCUT2D eigenvalue weighted by Gasteiger charge is -2.35. The summed E-state index contributed by atoms with van der Waals surface area (Å²) < 4.78 is 0. The lowest BCUT2D eigenvalue weighted by molar-refractivity contribution is 0.233. The molecule has 0 aliphatic heterocycles. The van der Waals surface area contributed by atoms with Gasteiger partial charge in [0, 0.05) is 6.04 Å². The highest BCUT2D eigenvalue weighted by atomic mass is 14.7. The molecule has 3 rings (SSSR count). The molecule has 1 aromatic carbocycles. The summed E-state index contributed by atoms with van der Waals surface area (Å²) in [4.78, 5) is 0. The fraction of sp³-hybridized carbons (Fsp3) is 0.700. The van der Waals surface area contributed by atoms with Gasteiger partial charge in [0.1, 0.15) is 0 Å². The van der Waals surface area contributed by atoms with E-state index in [1.807, 2.05) is 0 Å². The highest BCUT2D eigenvalue weighted by Crippen LogP contribution is 2.43. The molecule has 0 radical (unpaired) electrons. The highest BCUT2D eigenvalue weighted by molar-refractivity contribution is 5.34. The Morgan fingerprint density at radius 1 is 1.05 bits per heavy atom. The molecule has 21 heavy (non-hydrogen) atoms. The molecule has 0 spiro atoms. The molecule has 0 saturated heterocycles. The summed E-state index contributed by atoms with van der Waals surface area (Å²) in [6.45, 7) is 2.31. The van der Waals surface area contributed by atoms with Crippen LogP contribution < -0.4 is 5.73 Å². The van der Waals surface area contributed by atoms with Crippen molar-refractivity contribution in [2.75, 3.05) is 0 Å². The number of nitrogens with two attached hydrogens (primary N) is 1. The van der Waals surface area contributed by atoms with Crippen molar-refractivity contribution >= 4 is 0 Å². The van der Waals surface area contributed by atoms with E-state index in [1.54, 1.807) is 5.56 Å². The van der Waals surface area contributed by atoms with Gasteiger partial charge in [-0.1, -0.05) is 63.3 Å². The second kappa shape index (κ2) is 6.96. The SMILES string of the molecule is CCCC1CCC(C(N)c2ccccc2C2CCC2)CC1. The van der Waals surface area contributed by atoms with Crippen molar-refractivity contribution in [2.24, 2.45) is 17.6 Å². The molecule has 1 unspecified atom stereocenters. The van der Waals surface area contributed by atoms with Crippen LogP contribution in [0.25, 0.3) is 0 Å². The molecule has 0 heterocycles. The van der Waals surface area contributed by atoms with E-state index in [1.165, 1.54) is 63.4 Å². The van der Waals surface area contributed by atoms with Gasteiger partial charge in [-0.25, -0.2) is 0 Å². The molecule has 116 valence electrons. The molecule has 1 atom stereocenters. The molecule has 1 heteroatoms. The summed E-state index contributed by atoms with van der Waals surface area (Å²) in [5.74, 6) is 2.48. The van der Waals surface area contributed by atoms with Gasteiger partial charge >= 0.3 is 0 Å². The Balaban J connectivity index is 1.67. The topological polar surface area (TPSA) is 26.0 Å². The fourth-order valence-electron chi connectivity index (χ4n) is 4.40. The third-order valence-corrected chi connectivity index (χ3v) is 6.00. The first-order valence-corrected chi connectivity index (χ1v) is 9.14. The van der Waals surface area contributed by atoms with Crippen molar-refractivity contribution in [1.82, 2.24) is 0 Å². The lowest BCUT2D eigenvalue weighted by Crippen LogP contribution is -2.27. The fourth-order valence-corrected chi connectivity index (χ4v) is 4.40. The van der Waals surface area contributed by atoms with Gasteiger partial charge < -0.3 is 5.73 Å². The van der Waals surface area contributed by atoms with Gasteiger partial charge in [0.25, 0.3) is 0 Å². The van der Waals surface area contributed by atoms with Gasteiger partial charge in [0.15, 0.2) is 0 Å². The van der Waals surface area contributed by atoms with Crippen molar-refractivity contribution in [3.8, 4) is 0 Å². The molecular weight excluding hydrogens is 254 g/mol. The minimum atomic E-state index is 0.268. The molecule has 2 saturated carbocycles. The Bertz CT molecular complexity index is 441. The number of rotatable bonds is 5. The van der Waals surface area contributed by atoms with Crippen LogP contribution in [0.5, 0.6) is 0 Å². The minimum absolute atomic E-state index is 0.268. The van der Waals surface area contributed by atoms with E-state index in [-0.39, 0.29) is 6.04 Å². The third-order valence-electron chi connectivity index (χ3n) is 6.00. The zero-order valence-electron chi connectivity index (χ0n) is 13.6. The van der Waals surface area contributed by atoms with Crippen LogP contribution in [0.3, 0.4) is 0 Å². The van der Waals surface area contributed by atoms with Crippen molar-refractivity contribution in [3.05, 3.63) is 35.4 Å². The maximum atomic E-state index is 6.71. The summed E-state index contributed by atoms with van der Waals surface area (Å²) in [5, 5.41) is 0. The Morgan fingerprint density at radius 3 is 2.38 bits per heavy atom. The smallest absolute Gasteiger partial charge is 0.0326 e. The van der Waals surface area contributed by atoms with Crippen LogP contribution in [0.2, 0.25) is 0 Å².